The summed E-state index contributed by atoms with van der Waals surface area (Å²) in [6.45, 7) is 4.23. The molecule has 158 valence electrons. The van der Waals surface area contributed by atoms with Gasteiger partial charge in [-0.15, -0.1) is 0 Å². The summed E-state index contributed by atoms with van der Waals surface area (Å²) in [6.07, 6.45) is 3.86. The van der Waals surface area contributed by atoms with Crippen LogP contribution in [0.2, 0.25) is 0 Å². The molecule has 0 fully saturated rings. The molecule has 0 saturated heterocycles. The molecule has 1 N–H and O–H groups in total. The van der Waals surface area contributed by atoms with Gasteiger partial charge in [-0.25, -0.2) is 0 Å². The molecule has 2 aromatic rings. The fourth-order valence-electron chi connectivity index (χ4n) is 3.78. The topological polar surface area (TPSA) is 72.3 Å². The van der Waals surface area contributed by atoms with Crippen molar-refractivity contribution < 1.29 is 29.0 Å². The molecule has 0 spiro atoms. The molecule has 1 unspecified atom stereocenters. The number of quaternary nitrogens is 1. The van der Waals surface area contributed by atoms with Crippen LogP contribution in [-0.4, -0.2) is 26.2 Å². The van der Waals surface area contributed by atoms with Crippen LogP contribution in [0.1, 0.15) is 46.8 Å². The third-order valence-electron chi connectivity index (χ3n) is 5.32. The largest absolute Gasteiger partial charge is 0.872 e. The standard InChI is InChI=1S/C23H24BrNO5/c1-3-4-7-25(2)11-18-19(26)6-5-17-21(27)20(30-23(17)18)10-14-8-16(24)9-15-12-28-13-29-22(14)15/h5-6,8-10,26H,3-4,7,11-13H2,1-2H3/b20-10-. The van der Waals surface area contributed by atoms with Crippen molar-refractivity contribution in [1.29, 1.82) is 0 Å². The van der Waals surface area contributed by atoms with Crippen molar-refractivity contribution in [3.05, 3.63) is 56.8 Å². The maximum absolute atomic E-state index is 13.0. The maximum atomic E-state index is 13.0. The van der Waals surface area contributed by atoms with Crippen molar-refractivity contribution in [3.63, 3.8) is 0 Å². The number of Topliss-reactive ketones (excluding diaryl/α,β-unsaturated/α-hetero) is 1. The fraction of sp³-hybridized carbons (Fsp3) is 0.348. The van der Waals surface area contributed by atoms with Crippen LogP contribution in [0.4, 0.5) is 0 Å². The van der Waals surface area contributed by atoms with Gasteiger partial charge in [-0.05, 0) is 30.7 Å². The van der Waals surface area contributed by atoms with E-state index in [4.69, 9.17) is 14.2 Å². The van der Waals surface area contributed by atoms with Crippen LogP contribution in [0.15, 0.2) is 34.5 Å². The number of fused-ring (bicyclic) bond motifs is 2. The number of ether oxygens (including phenoxy) is 3. The van der Waals surface area contributed by atoms with E-state index in [2.05, 4.69) is 29.9 Å². The first-order valence-corrected chi connectivity index (χ1v) is 10.9. The zero-order valence-corrected chi connectivity index (χ0v) is 18.6. The number of ketones is 1. The van der Waals surface area contributed by atoms with E-state index in [0.717, 1.165) is 35.0 Å². The summed E-state index contributed by atoms with van der Waals surface area (Å²) >= 11 is 3.49. The second-order valence-corrected chi connectivity index (χ2v) is 8.61. The molecule has 2 aliphatic rings. The van der Waals surface area contributed by atoms with E-state index in [1.54, 1.807) is 12.1 Å². The smallest absolute Gasteiger partial charge is 0.231 e. The number of rotatable bonds is 6. The Morgan fingerprint density at radius 3 is 2.90 bits per heavy atom. The minimum absolute atomic E-state index is 0.0982. The highest BCUT2D eigenvalue weighted by Gasteiger charge is 2.31. The van der Waals surface area contributed by atoms with E-state index in [1.165, 1.54) is 11.0 Å². The molecule has 0 amide bonds. The molecular formula is C23H24BrNO5. The third kappa shape index (κ3) is 4.10. The molecule has 0 saturated carbocycles. The van der Waals surface area contributed by atoms with Crippen molar-refractivity contribution in [2.75, 3.05) is 20.4 Å². The molecule has 2 heterocycles. The van der Waals surface area contributed by atoms with Gasteiger partial charge < -0.3 is 24.2 Å². The van der Waals surface area contributed by atoms with Gasteiger partial charge in [0, 0.05) is 21.2 Å². The molecule has 2 aliphatic heterocycles. The Morgan fingerprint density at radius 1 is 1.27 bits per heavy atom. The quantitative estimate of drug-likeness (QED) is 0.653. The molecule has 6 nitrogen and oxygen atoms in total. The monoisotopic (exact) mass is 473 g/mol. The number of hydrogen-bond donors (Lipinski definition) is 1. The predicted molar refractivity (Wildman–Crippen MR) is 114 cm³/mol. The van der Waals surface area contributed by atoms with Gasteiger partial charge in [0.15, 0.2) is 12.6 Å². The van der Waals surface area contributed by atoms with Crippen LogP contribution in [0.5, 0.6) is 17.2 Å². The van der Waals surface area contributed by atoms with Gasteiger partial charge in [-0.3, -0.25) is 4.79 Å². The molecule has 0 aromatic heterocycles. The van der Waals surface area contributed by atoms with E-state index in [-0.39, 0.29) is 24.1 Å². The highest BCUT2D eigenvalue weighted by molar-refractivity contribution is 9.10. The van der Waals surface area contributed by atoms with Crippen molar-refractivity contribution in [1.82, 2.24) is 0 Å². The van der Waals surface area contributed by atoms with Gasteiger partial charge in [0.05, 0.1) is 25.8 Å². The summed E-state index contributed by atoms with van der Waals surface area (Å²) in [5.74, 6) is 0.941. The van der Waals surface area contributed by atoms with Gasteiger partial charge >= 0.3 is 0 Å². The van der Waals surface area contributed by atoms with Gasteiger partial charge in [-0.1, -0.05) is 41.1 Å². The highest BCUT2D eigenvalue weighted by atomic mass is 79.9. The number of carbonyl (C=O) groups is 1. The Labute approximate surface area is 184 Å². The number of unbranched alkanes of at least 4 members (excludes halogenated alkanes) is 1. The minimum atomic E-state index is -0.224. The van der Waals surface area contributed by atoms with Crippen molar-refractivity contribution in [2.45, 2.75) is 32.9 Å². The number of carbonyl (C=O) groups excluding carboxylic acids is 1. The summed E-state index contributed by atoms with van der Waals surface area (Å²) < 4.78 is 17.8. The second kappa shape index (κ2) is 8.79. The van der Waals surface area contributed by atoms with E-state index < -0.39 is 0 Å². The number of hydrogen-bond acceptors (Lipinski definition) is 5. The predicted octanol–water partition coefficient (Wildman–Crippen LogP) is 2.82. The van der Waals surface area contributed by atoms with Crippen LogP contribution in [0.25, 0.3) is 6.08 Å². The lowest BCUT2D eigenvalue weighted by Gasteiger charge is -2.20. The molecule has 4 rings (SSSR count). The minimum Gasteiger partial charge on any atom is -0.872 e. The van der Waals surface area contributed by atoms with E-state index in [1.807, 2.05) is 12.1 Å². The van der Waals surface area contributed by atoms with E-state index in [0.29, 0.717) is 35.8 Å². The molecule has 0 bridgehead atoms. The summed E-state index contributed by atoms with van der Waals surface area (Å²) in [4.78, 5) is 14.2. The summed E-state index contributed by atoms with van der Waals surface area (Å²) in [6, 6.07) is 6.83. The summed E-state index contributed by atoms with van der Waals surface area (Å²) in [5, 5.41) is 12.5. The lowest BCUT2D eigenvalue weighted by molar-refractivity contribution is -0.894. The van der Waals surface area contributed by atoms with Gasteiger partial charge in [0.2, 0.25) is 5.78 Å². The zero-order chi connectivity index (χ0) is 21.3. The third-order valence-corrected chi connectivity index (χ3v) is 5.78. The fourth-order valence-corrected chi connectivity index (χ4v) is 4.31. The van der Waals surface area contributed by atoms with Crippen molar-refractivity contribution in [2.24, 2.45) is 0 Å². The first kappa shape index (κ1) is 20.9. The van der Waals surface area contributed by atoms with Gasteiger partial charge in [-0.2, -0.15) is 0 Å². The average Bonchev–Trinajstić information content (AvgIpc) is 3.04. The maximum Gasteiger partial charge on any atom is 0.231 e. The Hall–Kier alpha value is -2.35. The summed E-state index contributed by atoms with van der Waals surface area (Å²) in [7, 11) is 2.05. The molecule has 0 radical (unpaired) electrons. The molecule has 1 atom stereocenters. The van der Waals surface area contributed by atoms with Gasteiger partial charge in [0.1, 0.15) is 18.0 Å². The van der Waals surface area contributed by atoms with E-state index in [9.17, 15) is 9.90 Å². The SMILES string of the molecule is CCCC[NH+](C)Cc1c([O-])ccc2c1O/C(=C\c1cc(Br)cc3c1OCOC3)C2=O. The Bertz CT molecular complexity index is 1020. The van der Waals surface area contributed by atoms with Crippen LogP contribution < -0.4 is 19.5 Å². The van der Waals surface area contributed by atoms with Crippen LogP contribution in [0, 0.1) is 0 Å². The molecule has 0 aliphatic carbocycles. The number of benzene rings is 2. The molecule has 30 heavy (non-hydrogen) atoms. The van der Waals surface area contributed by atoms with Crippen LogP contribution in [-0.2, 0) is 17.9 Å². The average molecular weight is 474 g/mol. The number of halogens is 1. The lowest BCUT2D eigenvalue weighted by atomic mass is 10.0. The molecule has 2 aromatic carbocycles. The Kier molecular flexibility index (Phi) is 6.13. The van der Waals surface area contributed by atoms with Crippen molar-refractivity contribution >= 4 is 27.8 Å². The highest BCUT2D eigenvalue weighted by Crippen LogP contribution is 2.40. The first-order chi connectivity index (χ1) is 14.5. The number of nitrogens with one attached hydrogen (secondary N) is 1. The second-order valence-electron chi connectivity index (χ2n) is 7.69. The van der Waals surface area contributed by atoms with Crippen LogP contribution >= 0.6 is 15.9 Å². The number of allylic oxidation sites excluding steroid dienone is 1. The lowest BCUT2D eigenvalue weighted by Crippen LogP contribution is -3.07. The first-order valence-electron chi connectivity index (χ1n) is 10.1. The van der Waals surface area contributed by atoms with E-state index >= 15 is 0 Å². The summed E-state index contributed by atoms with van der Waals surface area (Å²) in [5.41, 5.74) is 2.62. The van der Waals surface area contributed by atoms with Crippen molar-refractivity contribution in [3.8, 4) is 17.2 Å². The normalized spacial score (nSPS) is 17.3. The Balaban J connectivity index is 1.68. The van der Waals surface area contributed by atoms with Gasteiger partial charge in [0.25, 0.3) is 0 Å². The zero-order valence-electron chi connectivity index (χ0n) is 17.0. The molecular weight excluding hydrogens is 450 g/mol. The molecule has 7 heteroatoms. The Morgan fingerprint density at radius 2 is 2.10 bits per heavy atom. The van der Waals surface area contributed by atoms with Crippen LogP contribution in [0.3, 0.4) is 0 Å².